The molecule has 3 nitrogen and oxygen atoms in total. The summed E-state index contributed by atoms with van der Waals surface area (Å²) in [5.41, 5.74) is 0. The van der Waals surface area contributed by atoms with Gasteiger partial charge in [-0.25, -0.2) is 4.79 Å². The molecule has 1 atom stereocenters. The second-order valence-corrected chi connectivity index (χ2v) is 3.82. The van der Waals surface area contributed by atoms with E-state index in [1.54, 1.807) is 0 Å². The minimum Gasteiger partial charge on any atom is -0.461 e. The lowest BCUT2D eigenvalue weighted by atomic mass is 10.0. The van der Waals surface area contributed by atoms with E-state index in [2.05, 4.69) is 25.7 Å². The van der Waals surface area contributed by atoms with Gasteiger partial charge in [-0.15, -0.1) is 0 Å². The maximum absolute atomic E-state index is 10.7. The van der Waals surface area contributed by atoms with E-state index in [0.717, 1.165) is 13.1 Å². The Labute approximate surface area is 92.9 Å². The Morgan fingerprint density at radius 3 is 2.93 bits per heavy atom. The van der Waals surface area contributed by atoms with E-state index in [0.29, 0.717) is 12.5 Å². The maximum Gasteiger partial charge on any atom is 0.330 e. The minimum absolute atomic E-state index is 0.351. The molecule has 1 N–H and O–H groups in total. The van der Waals surface area contributed by atoms with Gasteiger partial charge in [-0.05, 0) is 18.9 Å². The molecule has 0 fully saturated rings. The zero-order valence-corrected chi connectivity index (χ0v) is 9.92. The molecular formula is C12H23NO2. The van der Waals surface area contributed by atoms with Crippen molar-refractivity contribution in [2.24, 2.45) is 5.92 Å². The maximum atomic E-state index is 10.7. The van der Waals surface area contributed by atoms with Crippen molar-refractivity contribution in [2.45, 2.75) is 33.1 Å². The van der Waals surface area contributed by atoms with Crippen LogP contribution in [0.15, 0.2) is 12.7 Å². The summed E-state index contributed by atoms with van der Waals surface area (Å²) in [6.07, 6.45) is 4.98. The third-order valence-corrected chi connectivity index (χ3v) is 2.23. The predicted molar refractivity (Wildman–Crippen MR) is 62.7 cm³/mol. The highest BCUT2D eigenvalue weighted by atomic mass is 16.5. The van der Waals surface area contributed by atoms with Crippen LogP contribution in [0.3, 0.4) is 0 Å². The molecule has 0 aromatic carbocycles. The molecule has 0 aliphatic heterocycles. The fourth-order valence-electron chi connectivity index (χ4n) is 1.29. The number of carbonyl (C=O) groups is 1. The first-order chi connectivity index (χ1) is 7.20. The first-order valence-electron chi connectivity index (χ1n) is 5.70. The van der Waals surface area contributed by atoms with Crippen LogP contribution in [-0.4, -0.2) is 25.7 Å². The lowest BCUT2D eigenvalue weighted by Crippen LogP contribution is -2.25. The van der Waals surface area contributed by atoms with Crippen molar-refractivity contribution >= 4 is 5.97 Å². The van der Waals surface area contributed by atoms with Crippen LogP contribution in [0.5, 0.6) is 0 Å². The monoisotopic (exact) mass is 213 g/mol. The van der Waals surface area contributed by atoms with Crippen molar-refractivity contribution in [2.75, 3.05) is 19.7 Å². The number of hydrogen-bond donors (Lipinski definition) is 1. The van der Waals surface area contributed by atoms with Crippen LogP contribution >= 0.6 is 0 Å². The Morgan fingerprint density at radius 1 is 1.60 bits per heavy atom. The molecule has 0 aliphatic carbocycles. The Bertz CT molecular complexity index is 180. The molecular weight excluding hydrogens is 190 g/mol. The lowest BCUT2D eigenvalue weighted by Gasteiger charge is -2.11. The van der Waals surface area contributed by atoms with Crippen molar-refractivity contribution in [3.63, 3.8) is 0 Å². The molecule has 0 spiro atoms. The highest BCUT2D eigenvalue weighted by Gasteiger charge is 2.00. The summed E-state index contributed by atoms with van der Waals surface area (Å²) < 4.78 is 4.83. The normalized spacial score (nSPS) is 12.1. The molecule has 1 unspecified atom stereocenters. The highest BCUT2D eigenvalue weighted by molar-refractivity contribution is 5.81. The van der Waals surface area contributed by atoms with Crippen LogP contribution in [0, 0.1) is 5.92 Å². The van der Waals surface area contributed by atoms with E-state index < -0.39 is 0 Å². The number of rotatable bonds is 9. The van der Waals surface area contributed by atoms with Gasteiger partial charge in [0.05, 0.1) is 0 Å². The van der Waals surface area contributed by atoms with E-state index >= 15 is 0 Å². The van der Waals surface area contributed by atoms with E-state index in [9.17, 15) is 4.79 Å². The van der Waals surface area contributed by atoms with Gasteiger partial charge in [0.2, 0.25) is 0 Å². The van der Waals surface area contributed by atoms with E-state index in [4.69, 9.17) is 4.74 Å². The van der Waals surface area contributed by atoms with Crippen LogP contribution < -0.4 is 5.32 Å². The quantitative estimate of drug-likeness (QED) is 0.362. The summed E-state index contributed by atoms with van der Waals surface area (Å²) in [5.74, 6) is 0.343. The number of hydrogen-bond acceptors (Lipinski definition) is 3. The Kier molecular flexibility index (Phi) is 9.18. The molecule has 0 aromatic heterocycles. The van der Waals surface area contributed by atoms with Crippen LogP contribution in [0.25, 0.3) is 0 Å². The molecule has 0 rings (SSSR count). The van der Waals surface area contributed by atoms with Gasteiger partial charge in [0, 0.05) is 12.6 Å². The summed E-state index contributed by atoms with van der Waals surface area (Å²) in [7, 11) is 0. The average molecular weight is 213 g/mol. The van der Waals surface area contributed by atoms with Gasteiger partial charge in [-0.3, -0.25) is 0 Å². The van der Waals surface area contributed by atoms with Crippen molar-refractivity contribution in [1.29, 1.82) is 0 Å². The molecule has 88 valence electrons. The van der Waals surface area contributed by atoms with Crippen LogP contribution in [0.2, 0.25) is 0 Å². The SMILES string of the molecule is C=CC(=O)OCCNCC(C)CCCC. The van der Waals surface area contributed by atoms with E-state index in [1.807, 2.05) is 0 Å². The van der Waals surface area contributed by atoms with Gasteiger partial charge in [0.1, 0.15) is 6.61 Å². The van der Waals surface area contributed by atoms with Crippen molar-refractivity contribution in [3.8, 4) is 0 Å². The molecule has 15 heavy (non-hydrogen) atoms. The minimum atomic E-state index is -0.351. The number of esters is 1. The van der Waals surface area contributed by atoms with Gasteiger partial charge in [-0.1, -0.05) is 33.3 Å². The molecule has 3 heteroatoms. The van der Waals surface area contributed by atoms with Crippen molar-refractivity contribution in [3.05, 3.63) is 12.7 Å². The fourth-order valence-corrected chi connectivity index (χ4v) is 1.29. The number of unbranched alkanes of at least 4 members (excludes halogenated alkanes) is 1. The molecule has 0 aromatic rings. The number of nitrogens with one attached hydrogen (secondary N) is 1. The first-order valence-corrected chi connectivity index (χ1v) is 5.70. The molecule has 0 bridgehead atoms. The number of carbonyl (C=O) groups excluding carboxylic acids is 1. The Balaban J connectivity index is 3.22. The second-order valence-electron chi connectivity index (χ2n) is 3.82. The smallest absolute Gasteiger partial charge is 0.330 e. The summed E-state index contributed by atoms with van der Waals surface area (Å²) in [5, 5.41) is 3.26. The summed E-state index contributed by atoms with van der Waals surface area (Å²) in [4.78, 5) is 10.7. The Morgan fingerprint density at radius 2 is 2.33 bits per heavy atom. The lowest BCUT2D eigenvalue weighted by molar-refractivity contribution is -0.137. The molecule has 0 saturated heterocycles. The molecule has 0 saturated carbocycles. The second kappa shape index (κ2) is 9.71. The fraction of sp³-hybridized carbons (Fsp3) is 0.750. The van der Waals surface area contributed by atoms with Crippen molar-refractivity contribution < 1.29 is 9.53 Å². The molecule has 0 radical (unpaired) electrons. The largest absolute Gasteiger partial charge is 0.461 e. The van der Waals surface area contributed by atoms with Gasteiger partial charge >= 0.3 is 5.97 Å². The third kappa shape index (κ3) is 9.47. The number of ether oxygens (including phenoxy) is 1. The molecule has 0 heterocycles. The van der Waals surface area contributed by atoms with E-state index in [-0.39, 0.29) is 5.97 Å². The predicted octanol–water partition coefficient (Wildman–Crippen LogP) is 2.13. The average Bonchev–Trinajstić information content (AvgIpc) is 2.25. The third-order valence-electron chi connectivity index (χ3n) is 2.23. The van der Waals surface area contributed by atoms with Crippen LogP contribution in [0.1, 0.15) is 33.1 Å². The zero-order chi connectivity index (χ0) is 11.5. The summed E-state index contributed by atoms with van der Waals surface area (Å²) in [6.45, 7) is 9.90. The highest BCUT2D eigenvalue weighted by Crippen LogP contribution is 2.05. The van der Waals surface area contributed by atoms with Crippen molar-refractivity contribution in [1.82, 2.24) is 5.32 Å². The first kappa shape index (κ1) is 14.2. The molecule has 0 amide bonds. The van der Waals surface area contributed by atoms with Gasteiger partial charge in [0.15, 0.2) is 0 Å². The summed E-state index contributed by atoms with van der Waals surface area (Å²) >= 11 is 0. The van der Waals surface area contributed by atoms with E-state index in [1.165, 1.54) is 25.3 Å². The standard InChI is InChI=1S/C12H23NO2/c1-4-6-7-11(3)10-13-8-9-15-12(14)5-2/h5,11,13H,2,4,6-10H2,1,3H3. The topological polar surface area (TPSA) is 38.3 Å². The van der Waals surface area contributed by atoms with Crippen LogP contribution in [0.4, 0.5) is 0 Å². The van der Waals surface area contributed by atoms with Gasteiger partial charge < -0.3 is 10.1 Å². The van der Waals surface area contributed by atoms with Gasteiger partial charge in [0.25, 0.3) is 0 Å². The Hall–Kier alpha value is -0.830. The van der Waals surface area contributed by atoms with Crippen LogP contribution in [-0.2, 0) is 9.53 Å². The van der Waals surface area contributed by atoms with Gasteiger partial charge in [-0.2, -0.15) is 0 Å². The molecule has 0 aliphatic rings. The summed E-state index contributed by atoms with van der Waals surface area (Å²) in [6, 6.07) is 0. The zero-order valence-electron chi connectivity index (χ0n) is 9.92.